The van der Waals surface area contributed by atoms with Crippen molar-refractivity contribution in [2.75, 3.05) is 5.32 Å². The van der Waals surface area contributed by atoms with Crippen LogP contribution in [0.5, 0.6) is 0 Å². The van der Waals surface area contributed by atoms with Gasteiger partial charge in [0.15, 0.2) is 5.11 Å². The largest absolute Gasteiger partial charge is 0.332 e. The average Bonchev–Trinajstić information content (AvgIpc) is 3.11. The molecule has 0 bridgehead atoms. The topological polar surface area (TPSA) is 87.3 Å². The van der Waals surface area contributed by atoms with Crippen LogP contribution in [0, 0.1) is 0 Å². The molecule has 1 amide bonds. The Morgan fingerprint density at radius 1 is 1.03 bits per heavy atom. The number of halogens is 1. The molecule has 0 atom stereocenters. The third kappa shape index (κ3) is 5.29. The number of fused-ring (bicyclic) bond motifs is 1. The summed E-state index contributed by atoms with van der Waals surface area (Å²) in [5, 5.41) is 6.84. The Bertz CT molecular complexity index is 1250. The van der Waals surface area contributed by atoms with E-state index in [9.17, 15) is 13.2 Å². The van der Waals surface area contributed by atoms with Gasteiger partial charge in [-0.2, -0.15) is 0 Å². The molecule has 6 nitrogen and oxygen atoms in total. The van der Waals surface area contributed by atoms with Gasteiger partial charge in [0.1, 0.15) is 4.88 Å². The summed E-state index contributed by atoms with van der Waals surface area (Å²) in [7, 11) is -3.57. The average molecular weight is 508 g/mol. The first-order valence-electron chi connectivity index (χ1n) is 10.3. The number of anilines is 1. The van der Waals surface area contributed by atoms with Crippen LogP contribution in [0.1, 0.15) is 41.8 Å². The lowest BCUT2D eigenvalue weighted by molar-refractivity contribution is 0.0982. The molecule has 0 saturated heterocycles. The predicted octanol–water partition coefficient (Wildman–Crippen LogP) is 5.29. The molecule has 3 aromatic rings. The van der Waals surface area contributed by atoms with Gasteiger partial charge in [-0.25, -0.2) is 13.1 Å². The minimum absolute atomic E-state index is 0.00457. The van der Waals surface area contributed by atoms with Crippen LogP contribution < -0.4 is 15.4 Å². The summed E-state index contributed by atoms with van der Waals surface area (Å²) in [6, 6.07) is 13.8. The summed E-state index contributed by atoms with van der Waals surface area (Å²) in [6.45, 7) is 0. The molecule has 2 aromatic carbocycles. The quantitative estimate of drug-likeness (QED) is 0.408. The molecule has 1 aliphatic carbocycles. The fourth-order valence-corrected chi connectivity index (χ4v) is 6.64. The lowest BCUT2D eigenvalue weighted by atomic mass is 9.96. The van der Waals surface area contributed by atoms with Crippen molar-refractivity contribution < 1.29 is 13.2 Å². The molecule has 3 N–H and O–H groups in total. The maximum atomic E-state index is 12.6. The second kappa shape index (κ2) is 9.84. The number of carbonyl (C=O) groups is 1. The Labute approximate surface area is 201 Å². The van der Waals surface area contributed by atoms with E-state index in [1.165, 1.54) is 23.5 Å². The first-order chi connectivity index (χ1) is 15.3. The zero-order valence-corrected chi connectivity index (χ0v) is 20.3. The van der Waals surface area contributed by atoms with E-state index in [-0.39, 0.29) is 16.0 Å². The molecule has 1 saturated carbocycles. The molecule has 0 spiro atoms. The highest BCUT2D eigenvalue weighted by atomic mass is 35.5. The van der Waals surface area contributed by atoms with Crippen molar-refractivity contribution in [2.24, 2.45) is 0 Å². The summed E-state index contributed by atoms with van der Waals surface area (Å²) in [5.74, 6) is -0.399. The van der Waals surface area contributed by atoms with E-state index in [2.05, 4.69) is 15.4 Å². The molecule has 0 unspecified atom stereocenters. The normalized spacial score (nSPS) is 14.9. The number of rotatable bonds is 5. The highest BCUT2D eigenvalue weighted by molar-refractivity contribution is 7.89. The summed E-state index contributed by atoms with van der Waals surface area (Å²) < 4.78 is 28.9. The monoisotopic (exact) mass is 507 g/mol. The number of thiocarbonyl (C=S) groups is 1. The third-order valence-electron chi connectivity index (χ3n) is 5.32. The van der Waals surface area contributed by atoms with Gasteiger partial charge in [-0.05, 0) is 55.4 Å². The molecule has 1 fully saturated rings. The van der Waals surface area contributed by atoms with Crippen molar-refractivity contribution in [1.82, 2.24) is 10.0 Å². The molecule has 10 heteroatoms. The van der Waals surface area contributed by atoms with E-state index >= 15 is 0 Å². The van der Waals surface area contributed by atoms with Crippen molar-refractivity contribution in [1.29, 1.82) is 0 Å². The van der Waals surface area contributed by atoms with E-state index in [4.69, 9.17) is 23.8 Å². The van der Waals surface area contributed by atoms with Crippen molar-refractivity contribution in [3.8, 4) is 0 Å². The van der Waals surface area contributed by atoms with E-state index in [0.29, 0.717) is 15.6 Å². The Morgan fingerprint density at radius 3 is 2.41 bits per heavy atom. The van der Waals surface area contributed by atoms with E-state index < -0.39 is 15.9 Å². The van der Waals surface area contributed by atoms with E-state index in [0.717, 1.165) is 42.2 Å². The van der Waals surface area contributed by atoms with Crippen molar-refractivity contribution in [3.05, 3.63) is 58.4 Å². The second-order valence-corrected chi connectivity index (χ2v) is 11.2. The lowest BCUT2D eigenvalue weighted by Crippen LogP contribution is -2.36. The van der Waals surface area contributed by atoms with E-state index in [1.54, 1.807) is 12.1 Å². The van der Waals surface area contributed by atoms with Gasteiger partial charge in [-0.1, -0.05) is 49.1 Å². The van der Waals surface area contributed by atoms with Gasteiger partial charge in [0.25, 0.3) is 5.91 Å². The van der Waals surface area contributed by atoms with Crippen LogP contribution in [0.15, 0.2) is 53.4 Å². The van der Waals surface area contributed by atoms with Crippen LogP contribution >= 0.6 is 35.2 Å². The minimum atomic E-state index is -3.57. The van der Waals surface area contributed by atoms with Crippen molar-refractivity contribution >= 4 is 72.0 Å². The van der Waals surface area contributed by atoms with E-state index in [1.807, 2.05) is 24.3 Å². The molecule has 0 aliphatic heterocycles. The SMILES string of the molecule is O=C(NC(=S)Nc1ccc(S(=O)(=O)NC2CCCCC2)cc1)c1sc2ccccc2c1Cl. The van der Waals surface area contributed by atoms with Gasteiger partial charge in [0, 0.05) is 21.8 Å². The van der Waals surface area contributed by atoms with Crippen LogP contribution in [0.3, 0.4) is 0 Å². The molecular weight excluding hydrogens is 486 g/mol. The maximum Gasteiger partial charge on any atom is 0.269 e. The van der Waals surface area contributed by atoms with Crippen LogP contribution in [-0.4, -0.2) is 25.5 Å². The summed E-state index contributed by atoms with van der Waals surface area (Å²) in [4.78, 5) is 13.2. The van der Waals surface area contributed by atoms with Gasteiger partial charge in [0.05, 0.1) is 9.92 Å². The zero-order chi connectivity index (χ0) is 22.7. The predicted molar refractivity (Wildman–Crippen MR) is 134 cm³/mol. The summed E-state index contributed by atoms with van der Waals surface area (Å²) in [6.07, 6.45) is 5.00. The number of sulfonamides is 1. The van der Waals surface area contributed by atoms with Crippen LogP contribution in [-0.2, 0) is 10.0 Å². The van der Waals surface area contributed by atoms with Gasteiger partial charge in [-0.3, -0.25) is 10.1 Å². The standard InChI is InChI=1S/C22H22ClN3O3S3/c23-19-17-8-4-5-9-18(17)31-20(19)21(27)25-22(30)24-14-10-12-16(13-11-14)32(28,29)26-15-6-2-1-3-7-15/h4-5,8-13,15,26H,1-3,6-7H2,(H2,24,25,27,30). The zero-order valence-electron chi connectivity index (χ0n) is 17.1. The first-order valence-corrected chi connectivity index (χ1v) is 13.3. The number of carbonyl (C=O) groups excluding carboxylic acids is 1. The number of hydrogen-bond donors (Lipinski definition) is 3. The van der Waals surface area contributed by atoms with Crippen LogP contribution in [0.2, 0.25) is 5.02 Å². The Balaban J connectivity index is 1.38. The number of hydrogen-bond acceptors (Lipinski definition) is 5. The Kier molecular flexibility index (Phi) is 7.11. The smallest absolute Gasteiger partial charge is 0.269 e. The second-order valence-electron chi connectivity index (χ2n) is 7.63. The number of amides is 1. The summed E-state index contributed by atoms with van der Waals surface area (Å²) in [5.41, 5.74) is 0.564. The number of benzene rings is 2. The highest BCUT2D eigenvalue weighted by Gasteiger charge is 2.22. The van der Waals surface area contributed by atoms with Gasteiger partial charge < -0.3 is 5.32 Å². The van der Waals surface area contributed by atoms with Gasteiger partial charge in [-0.15, -0.1) is 11.3 Å². The third-order valence-corrected chi connectivity index (χ3v) is 8.73. The molecule has 1 heterocycles. The van der Waals surface area contributed by atoms with Crippen molar-refractivity contribution in [2.45, 2.75) is 43.0 Å². The Hall–Kier alpha value is -2.04. The first kappa shape index (κ1) is 23.1. The molecule has 32 heavy (non-hydrogen) atoms. The minimum Gasteiger partial charge on any atom is -0.332 e. The lowest BCUT2D eigenvalue weighted by Gasteiger charge is -2.22. The van der Waals surface area contributed by atoms with Gasteiger partial charge in [0.2, 0.25) is 10.0 Å². The fourth-order valence-electron chi connectivity index (χ4n) is 3.71. The highest BCUT2D eigenvalue weighted by Crippen LogP contribution is 2.35. The number of thiophene rings is 1. The van der Waals surface area contributed by atoms with Crippen molar-refractivity contribution in [3.63, 3.8) is 0 Å². The molecule has 1 aromatic heterocycles. The summed E-state index contributed by atoms with van der Waals surface area (Å²) >= 11 is 12.9. The molecule has 0 radical (unpaired) electrons. The van der Waals surface area contributed by atoms with Crippen LogP contribution in [0.4, 0.5) is 5.69 Å². The molecule has 168 valence electrons. The molecule has 1 aliphatic rings. The fraction of sp³-hybridized carbons (Fsp3) is 0.273. The maximum absolute atomic E-state index is 12.6. The molecular formula is C22H22ClN3O3S3. The molecule has 4 rings (SSSR count). The Morgan fingerprint density at radius 2 is 1.72 bits per heavy atom. The van der Waals surface area contributed by atoms with Gasteiger partial charge >= 0.3 is 0 Å². The number of nitrogens with one attached hydrogen (secondary N) is 3. The van der Waals surface area contributed by atoms with Crippen LogP contribution in [0.25, 0.3) is 10.1 Å².